The fourth-order valence-corrected chi connectivity index (χ4v) is 3.45. The lowest BCUT2D eigenvalue weighted by Crippen LogP contribution is -2.12. The van der Waals surface area contributed by atoms with Crippen LogP contribution in [0.25, 0.3) is 11.0 Å². The first-order valence-corrected chi connectivity index (χ1v) is 10.8. The summed E-state index contributed by atoms with van der Waals surface area (Å²) in [5.74, 6) is 1.88. The number of esters is 1. The zero-order valence-electron chi connectivity index (χ0n) is 19.1. The standard InChI is InChI=1S/C27H24O7/c1-4-31-22-7-5-6-8-23(22)34-27-17(2)32-24-16-20(13-14-21(24)26(27)29)33-25(28)15-18-9-11-19(30-3)12-10-18/h5-14,16H,4,15H2,1-3H3. The smallest absolute Gasteiger partial charge is 0.315 e. The van der Waals surface area contributed by atoms with E-state index in [1.54, 1.807) is 68.6 Å². The molecule has 3 aromatic carbocycles. The third-order valence-corrected chi connectivity index (χ3v) is 5.09. The van der Waals surface area contributed by atoms with Gasteiger partial charge in [-0.15, -0.1) is 0 Å². The van der Waals surface area contributed by atoms with Gasteiger partial charge in [0.15, 0.2) is 11.5 Å². The fourth-order valence-electron chi connectivity index (χ4n) is 3.45. The molecule has 0 saturated carbocycles. The van der Waals surface area contributed by atoms with Crippen molar-refractivity contribution in [3.63, 3.8) is 0 Å². The molecular weight excluding hydrogens is 436 g/mol. The molecule has 1 heterocycles. The Kier molecular flexibility index (Phi) is 6.82. The van der Waals surface area contributed by atoms with Crippen molar-refractivity contribution >= 4 is 16.9 Å². The van der Waals surface area contributed by atoms with E-state index < -0.39 is 5.97 Å². The highest BCUT2D eigenvalue weighted by Gasteiger charge is 2.17. The second-order valence-electron chi connectivity index (χ2n) is 7.46. The maximum Gasteiger partial charge on any atom is 0.315 e. The predicted molar refractivity (Wildman–Crippen MR) is 127 cm³/mol. The summed E-state index contributed by atoms with van der Waals surface area (Å²) in [7, 11) is 1.58. The van der Waals surface area contributed by atoms with Crippen LogP contribution in [0.3, 0.4) is 0 Å². The second-order valence-corrected chi connectivity index (χ2v) is 7.46. The number of ether oxygens (including phenoxy) is 4. The molecule has 34 heavy (non-hydrogen) atoms. The monoisotopic (exact) mass is 460 g/mol. The van der Waals surface area contributed by atoms with Crippen molar-refractivity contribution < 1.29 is 28.2 Å². The summed E-state index contributed by atoms with van der Waals surface area (Å²) in [4.78, 5) is 25.5. The number of para-hydroxylation sites is 2. The molecule has 4 rings (SSSR count). The molecule has 0 fully saturated rings. The van der Waals surface area contributed by atoms with Crippen LogP contribution < -0.4 is 24.4 Å². The molecule has 0 saturated heterocycles. The van der Waals surface area contributed by atoms with E-state index in [1.165, 1.54) is 6.07 Å². The van der Waals surface area contributed by atoms with Gasteiger partial charge in [0.2, 0.25) is 11.2 Å². The van der Waals surface area contributed by atoms with Gasteiger partial charge in [-0.05, 0) is 55.8 Å². The first-order chi connectivity index (χ1) is 16.5. The van der Waals surface area contributed by atoms with Gasteiger partial charge in [-0.3, -0.25) is 9.59 Å². The number of fused-ring (bicyclic) bond motifs is 1. The van der Waals surface area contributed by atoms with Crippen LogP contribution in [0, 0.1) is 6.92 Å². The van der Waals surface area contributed by atoms with E-state index in [9.17, 15) is 9.59 Å². The maximum atomic E-state index is 13.1. The average Bonchev–Trinajstić information content (AvgIpc) is 2.83. The summed E-state index contributed by atoms with van der Waals surface area (Å²) in [6.45, 7) is 3.97. The normalized spacial score (nSPS) is 10.7. The lowest BCUT2D eigenvalue weighted by atomic mass is 10.1. The van der Waals surface area contributed by atoms with Crippen molar-refractivity contribution in [2.24, 2.45) is 0 Å². The molecule has 174 valence electrons. The SMILES string of the molecule is CCOc1ccccc1Oc1c(C)oc2cc(OC(=O)Cc3ccc(OC)cc3)ccc2c1=O. The van der Waals surface area contributed by atoms with Gasteiger partial charge in [-0.2, -0.15) is 0 Å². The summed E-state index contributed by atoms with van der Waals surface area (Å²) in [5.41, 5.74) is 0.756. The van der Waals surface area contributed by atoms with E-state index in [2.05, 4.69) is 0 Å². The lowest BCUT2D eigenvalue weighted by Gasteiger charge is -2.13. The number of hydrogen-bond donors (Lipinski definition) is 0. The van der Waals surface area contributed by atoms with E-state index in [0.29, 0.717) is 40.6 Å². The van der Waals surface area contributed by atoms with Crippen molar-refractivity contribution in [2.45, 2.75) is 20.3 Å². The zero-order chi connectivity index (χ0) is 24.1. The fraction of sp³-hybridized carbons (Fsp3) is 0.185. The number of carbonyl (C=O) groups is 1. The van der Waals surface area contributed by atoms with Gasteiger partial charge in [0, 0.05) is 6.07 Å². The molecule has 7 heteroatoms. The summed E-state index contributed by atoms with van der Waals surface area (Å²) < 4.78 is 27.9. The Morgan fingerprint density at radius 1 is 0.941 bits per heavy atom. The highest BCUT2D eigenvalue weighted by Crippen LogP contribution is 2.33. The van der Waals surface area contributed by atoms with Gasteiger partial charge >= 0.3 is 5.97 Å². The maximum absolute atomic E-state index is 13.1. The Morgan fingerprint density at radius 2 is 1.65 bits per heavy atom. The van der Waals surface area contributed by atoms with Crippen molar-refractivity contribution in [2.75, 3.05) is 13.7 Å². The average molecular weight is 460 g/mol. The Bertz CT molecular complexity index is 1370. The highest BCUT2D eigenvalue weighted by atomic mass is 16.5. The number of carbonyl (C=O) groups excluding carboxylic acids is 1. The summed E-state index contributed by atoms with van der Waals surface area (Å²) in [6, 6.07) is 18.9. The third-order valence-electron chi connectivity index (χ3n) is 5.09. The second kappa shape index (κ2) is 10.1. The number of rotatable bonds is 8. The number of aryl methyl sites for hydroxylation is 1. The first-order valence-electron chi connectivity index (χ1n) is 10.8. The molecule has 0 aliphatic rings. The molecule has 0 atom stereocenters. The Labute approximate surface area is 196 Å². The highest BCUT2D eigenvalue weighted by molar-refractivity contribution is 5.81. The molecule has 0 amide bonds. The third kappa shape index (κ3) is 5.04. The van der Waals surface area contributed by atoms with Crippen LogP contribution in [0.15, 0.2) is 75.9 Å². The summed E-state index contributed by atoms with van der Waals surface area (Å²) >= 11 is 0. The predicted octanol–water partition coefficient (Wildman–Crippen LogP) is 5.45. The molecule has 0 unspecified atom stereocenters. The van der Waals surface area contributed by atoms with Crippen molar-refractivity contribution in [1.82, 2.24) is 0 Å². The quantitative estimate of drug-likeness (QED) is 0.255. The van der Waals surface area contributed by atoms with Crippen molar-refractivity contribution in [3.8, 4) is 28.7 Å². The molecule has 0 radical (unpaired) electrons. The summed E-state index contributed by atoms with van der Waals surface area (Å²) in [6.07, 6.45) is 0.0943. The molecule has 0 N–H and O–H groups in total. The van der Waals surface area contributed by atoms with Crippen LogP contribution in [0.1, 0.15) is 18.2 Å². The van der Waals surface area contributed by atoms with Crippen molar-refractivity contribution in [3.05, 3.63) is 88.3 Å². The molecule has 0 aliphatic carbocycles. The van der Waals surface area contributed by atoms with E-state index in [-0.39, 0.29) is 23.3 Å². The summed E-state index contributed by atoms with van der Waals surface area (Å²) in [5, 5.41) is 0.310. The van der Waals surface area contributed by atoms with Gasteiger partial charge in [0.25, 0.3) is 0 Å². The van der Waals surface area contributed by atoms with Crippen LogP contribution in [0.2, 0.25) is 0 Å². The van der Waals surface area contributed by atoms with Gasteiger partial charge in [0.1, 0.15) is 22.8 Å². The van der Waals surface area contributed by atoms with Crippen LogP contribution in [0.4, 0.5) is 0 Å². The Hall–Kier alpha value is -4.26. The van der Waals surface area contributed by atoms with Gasteiger partial charge in [-0.1, -0.05) is 24.3 Å². The minimum atomic E-state index is -0.434. The van der Waals surface area contributed by atoms with Crippen molar-refractivity contribution in [1.29, 1.82) is 0 Å². The first kappa shape index (κ1) is 22.9. The molecule has 0 bridgehead atoms. The van der Waals surface area contributed by atoms with Crippen LogP contribution in [-0.2, 0) is 11.2 Å². The Morgan fingerprint density at radius 3 is 2.35 bits per heavy atom. The van der Waals surface area contributed by atoms with E-state index in [0.717, 1.165) is 5.56 Å². The largest absolute Gasteiger partial charge is 0.497 e. The van der Waals surface area contributed by atoms with Crippen LogP contribution in [0.5, 0.6) is 28.7 Å². The topological polar surface area (TPSA) is 84.2 Å². The zero-order valence-corrected chi connectivity index (χ0v) is 19.1. The van der Waals surface area contributed by atoms with E-state index in [4.69, 9.17) is 23.4 Å². The van der Waals surface area contributed by atoms with Crippen LogP contribution >= 0.6 is 0 Å². The van der Waals surface area contributed by atoms with Gasteiger partial charge in [0.05, 0.1) is 25.5 Å². The molecule has 7 nitrogen and oxygen atoms in total. The van der Waals surface area contributed by atoms with Crippen LogP contribution in [-0.4, -0.2) is 19.7 Å². The number of hydrogen-bond acceptors (Lipinski definition) is 7. The molecule has 1 aromatic heterocycles. The lowest BCUT2D eigenvalue weighted by molar-refractivity contribution is -0.133. The van der Waals surface area contributed by atoms with E-state index >= 15 is 0 Å². The van der Waals surface area contributed by atoms with E-state index in [1.807, 2.05) is 13.0 Å². The number of methoxy groups -OCH3 is 1. The molecule has 4 aromatic rings. The number of benzene rings is 3. The minimum absolute atomic E-state index is 0.0731. The van der Waals surface area contributed by atoms with Gasteiger partial charge < -0.3 is 23.4 Å². The Balaban J connectivity index is 1.55. The molecule has 0 aliphatic heterocycles. The molecule has 0 spiro atoms. The minimum Gasteiger partial charge on any atom is -0.497 e. The van der Waals surface area contributed by atoms with Gasteiger partial charge in [-0.25, -0.2) is 0 Å². The molecular formula is C27H24O7.